The third kappa shape index (κ3) is 3.35. The smallest absolute Gasteiger partial charge is 0.337 e. The van der Waals surface area contributed by atoms with Gasteiger partial charge in [-0.25, -0.2) is 4.98 Å². The number of aromatic nitrogens is 1. The number of pyridine rings is 1. The van der Waals surface area contributed by atoms with E-state index in [2.05, 4.69) is 15.6 Å². The average Bonchev–Trinajstić information content (AvgIpc) is 2.62. The minimum atomic E-state index is -4.52. The lowest BCUT2D eigenvalue weighted by Crippen LogP contribution is -2.43. The molecule has 1 unspecified atom stereocenters. The van der Waals surface area contributed by atoms with Crippen LogP contribution >= 0.6 is 0 Å². The molecule has 0 radical (unpaired) electrons. The molecule has 0 fully saturated rings. The topological polar surface area (TPSA) is 54.0 Å². The van der Waals surface area contributed by atoms with E-state index in [4.69, 9.17) is 0 Å². The van der Waals surface area contributed by atoms with Crippen LogP contribution in [0.5, 0.6) is 0 Å². The zero-order valence-corrected chi connectivity index (χ0v) is 14.3. The summed E-state index contributed by atoms with van der Waals surface area (Å²) in [6, 6.07) is 10.5. The number of fused-ring (bicyclic) bond motifs is 2. The molecule has 26 heavy (non-hydrogen) atoms. The van der Waals surface area contributed by atoms with Crippen molar-refractivity contribution in [2.75, 3.05) is 7.05 Å². The largest absolute Gasteiger partial charge is 0.418 e. The number of nitrogens with zero attached hydrogens (tertiary/aromatic N) is 1. The van der Waals surface area contributed by atoms with Crippen molar-refractivity contribution in [2.24, 2.45) is 0 Å². The van der Waals surface area contributed by atoms with Crippen LogP contribution in [0.15, 0.2) is 42.5 Å². The summed E-state index contributed by atoms with van der Waals surface area (Å²) < 4.78 is 39.9. The molecule has 7 heteroatoms. The second-order valence-corrected chi connectivity index (χ2v) is 5.96. The number of halogens is 3. The molecule has 3 aromatic rings. The summed E-state index contributed by atoms with van der Waals surface area (Å²) in [5.74, 6) is -0.381. The van der Waals surface area contributed by atoms with Crippen molar-refractivity contribution in [1.82, 2.24) is 15.6 Å². The number of carbonyl (C=O) groups excluding carboxylic acids is 1. The number of alkyl halides is 3. The maximum Gasteiger partial charge on any atom is 0.418 e. The van der Waals surface area contributed by atoms with Crippen molar-refractivity contribution in [3.8, 4) is 0 Å². The maximum absolute atomic E-state index is 13.3. The number of para-hydroxylation sites is 2. The van der Waals surface area contributed by atoms with Crippen LogP contribution < -0.4 is 10.6 Å². The van der Waals surface area contributed by atoms with Crippen LogP contribution in [-0.4, -0.2) is 24.1 Å². The first-order valence-corrected chi connectivity index (χ1v) is 8.23. The van der Waals surface area contributed by atoms with E-state index >= 15 is 0 Å². The Labute approximate surface area is 148 Å². The second kappa shape index (κ2) is 6.92. The summed E-state index contributed by atoms with van der Waals surface area (Å²) in [5, 5.41) is 6.76. The monoisotopic (exact) mass is 361 g/mol. The standard InChI is InChI=1S/C19H18F3N3O/c1-3-15(23-2)24-18(26)13-8-4-6-11-10-12-7-5-9-14(19(20,21)22)17(12)25-16(11)13/h4-10,15,23H,3H2,1-2H3,(H,24,26). The van der Waals surface area contributed by atoms with E-state index in [1.54, 1.807) is 37.4 Å². The molecule has 0 saturated heterocycles. The van der Waals surface area contributed by atoms with Gasteiger partial charge in [-0.2, -0.15) is 13.2 Å². The predicted octanol–water partition coefficient (Wildman–Crippen LogP) is 4.09. The molecular weight excluding hydrogens is 343 g/mol. The summed E-state index contributed by atoms with van der Waals surface area (Å²) >= 11 is 0. The first kappa shape index (κ1) is 18.1. The zero-order valence-electron chi connectivity index (χ0n) is 14.3. The second-order valence-electron chi connectivity index (χ2n) is 5.96. The van der Waals surface area contributed by atoms with Gasteiger partial charge in [-0.15, -0.1) is 0 Å². The fraction of sp³-hybridized carbons (Fsp3) is 0.263. The first-order chi connectivity index (χ1) is 12.3. The Hall–Kier alpha value is -2.67. The highest BCUT2D eigenvalue weighted by Crippen LogP contribution is 2.35. The van der Waals surface area contributed by atoms with Crippen molar-refractivity contribution in [2.45, 2.75) is 25.7 Å². The maximum atomic E-state index is 13.3. The molecule has 2 aromatic carbocycles. The van der Waals surface area contributed by atoms with Crippen LogP contribution in [0, 0.1) is 0 Å². The molecule has 0 aliphatic carbocycles. The lowest BCUT2D eigenvalue weighted by atomic mass is 10.0. The van der Waals surface area contributed by atoms with E-state index in [1.807, 2.05) is 6.92 Å². The van der Waals surface area contributed by atoms with Crippen LogP contribution in [0.4, 0.5) is 13.2 Å². The molecule has 1 heterocycles. The highest BCUT2D eigenvalue weighted by molar-refractivity contribution is 6.08. The fourth-order valence-corrected chi connectivity index (χ4v) is 2.91. The Kier molecular flexibility index (Phi) is 4.82. The van der Waals surface area contributed by atoms with Gasteiger partial charge in [0.15, 0.2) is 0 Å². The van der Waals surface area contributed by atoms with Gasteiger partial charge in [0.2, 0.25) is 0 Å². The minimum absolute atomic E-state index is 0.159. The Bertz CT molecular complexity index is 965. The van der Waals surface area contributed by atoms with E-state index in [0.29, 0.717) is 17.2 Å². The van der Waals surface area contributed by atoms with Crippen LogP contribution in [0.3, 0.4) is 0 Å². The van der Waals surface area contributed by atoms with Crippen molar-refractivity contribution >= 4 is 27.7 Å². The van der Waals surface area contributed by atoms with E-state index in [9.17, 15) is 18.0 Å². The van der Waals surface area contributed by atoms with Crippen LogP contribution in [-0.2, 0) is 6.18 Å². The van der Waals surface area contributed by atoms with Gasteiger partial charge in [0.1, 0.15) is 0 Å². The van der Waals surface area contributed by atoms with Crippen molar-refractivity contribution in [3.05, 3.63) is 53.6 Å². The highest BCUT2D eigenvalue weighted by Gasteiger charge is 2.33. The third-order valence-corrected chi connectivity index (χ3v) is 4.28. The summed E-state index contributed by atoms with van der Waals surface area (Å²) in [4.78, 5) is 16.8. The number of benzene rings is 2. The molecule has 0 aliphatic rings. The van der Waals surface area contributed by atoms with Gasteiger partial charge in [0.25, 0.3) is 5.91 Å². The van der Waals surface area contributed by atoms with Gasteiger partial charge in [-0.3, -0.25) is 4.79 Å². The zero-order chi connectivity index (χ0) is 18.9. The molecule has 2 N–H and O–H groups in total. The third-order valence-electron chi connectivity index (χ3n) is 4.28. The molecule has 0 spiro atoms. The van der Waals surface area contributed by atoms with E-state index < -0.39 is 11.7 Å². The van der Waals surface area contributed by atoms with Gasteiger partial charge in [-0.1, -0.05) is 31.2 Å². The van der Waals surface area contributed by atoms with Crippen molar-refractivity contribution < 1.29 is 18.0 Å². The molecular formula is C19H18F3N3O. The van der Waals surface area contributed by atoms with Crippen molar-refractivity contribution in [1.29, 1.82) is 0 Å². The number of nitrogens with one attached hydrogen (secondary N) is 2. The van der Waals surface area contributed by atoms with Gasteiger partial charge >= 0.3 is 6.18 Å². The molecule has 0 saturated carbocycles. The number of carbonyl (C=O) groups is 1. The lowest BCUT2D eigenvalue weighted by molar-refractivity contribution is -0.136. The van der Waals surface area contributed by atoms with Gasteiger partial charge in [-0.05, 0) is 31.7 Å². The summed E-state index contributed by atoms with van der Waals surface area (Å²) in [6.07, 6.45) is -4.08. The quantitative estimate of drug-likeness (QED) is 0.544. The molecule has 1 amide bonds. The molecule has 0 aliphatic heterocycles. The van der Waals surface area contributed by atoms with Crippen LogP contribution in [0.1, 0.15) is 29.3 Å². The highest BCUT2D eigenvalue weighted by atomic mass is 19.4. The summed E-state index contributed by atoms with van der Waals surface area (Å²) in [5.41, 5.74) is -0.475. The van der Waals surface area contributed by atoms with Gasteiger partial charge < -0.3 is 10.6 Å². The molecule has 0 bridgehead atoms. The first-order valence-electron chi connectivity index (χ1n) is 8.23. The predicted molar refractivity (Wildman–Crippen MR) is 94.9 cm³/mol. The normalized spacial score (nSPS) is 13.1. The molecule has 1 aromatic heterocycles. The summed E-state index contributed by atoms with van der Waals surface area (Å²) in [7, 11) is 1.72. The van der Waals surface area contributed by atoms with Crippen LogP contribution in [0.25, 0.3) is 21.8 Å². The van der Waals surface area contributed by atoms with E-state index in [-0.39, 0.29) is 28.7 Å². The van der Waals surface area contributed by atoms with E-state index in [1.165, 1.54) is 6.07 Å². The molecule has 136 valence electrons. The Balaban J connectivity index is 2.20. The number of hydrogen-bond donors (Lipinski definition) is 2. The average molecular weight is 361 g/mol. The molecule has 4 nitrogen and oxygen atoms in total. The van der Waals surface area contributed by atoms with Gasteiger partial charge in [0.05, 0.1) is 28.3 Å². The number of amides is 1. The number of rotatable bonds is 4. The SMILES string of the molecule is CCC(NC)NC(=O)c1cccc2cc3cccc(C(F)(F)F)c3nc12. The molecule has 1 atom stereocenters. The Morgan fingerprint density at radius 3 is 2.38 bits per heavy atom. The van der Waals surface area contributed by atoms with Crippen LogP contribution in [0.2, 0.25) is 0 Å². The lowest BCUT2D eigenvalue weighted by Gasteiger charge is -2.17. The summed E-state index contributed by atoms with van der Waals surface area (Å²) in [6.45, 7) is 1.91. The Morgan fingerprint density at radius 2 is 1.77 bits per heavy atom. The Morgan fingerprint density at radius 1 is 1.12 bits per heavy atom. The fourth-order valence-electron chi connectivity index (χ4n) is 2.91. The van der Waals surface area contributed by atoms with Gasteiger partial charge in [0, 0.05) is 10.8 Å². The minimum Gasteiger partial charge on any atom is -0.337 e. The van der Waals surface area contributed by atoms with E-state index in [0.717, 1.165) is 6.07 Å². The number of hydrogen-bond acceptors (Lipinski definition) is 3. The molecule has 3 rings (SSSR count). The van der Waals surface area contributed by atoms with Crippen molar-refractivity contribution in [3.63, 3.8) is 0 Å².